The summed E-state index contributed by atoms with van der Waals surface area (Å²) in [7, 11) is 0. The number of ether oxygens (including phenoxy) is 2. The van der Waals surface area contributed by atoms with E-state index in [1.807, 2.05) is 13.8 Å². The molecule has 0 saturated carbocycles. The highest BCUT2D eigenvalue weighted by Gasteiger charge is 2.54. The number of cyclic esters (lactones) is 1. The number of nitrogens with zero attached hydrogens (tertiary/aromatic N) is 2. The van der Waals surface area contributed by atoms with Crippen LogP contribution in [0.25, 0.3) is 0 Å². The molecule has 0 radical (unpaired) electrons. The third-order valence-corrected chi connectivity index (χ3v) is 7.61. The van der Waals surface area contributed by atoms with Crippen LogP contribution in [0.2, 0.25) is 0 Å². The van der Waals surface area contributed by atoms with Crippen molar-refractivity contribution in [1.29, 1.82) is 0 Å². The van der Waals surface area contributed by atoms with Gasteiger partial charge in [-0.1, -0.05) is 0 Å². The molecule has 1 aromatic carbocycles. The van der Waals surface area contributed by atoms with Crippen LogP contribution in [0.15, 0.2) is 18.2 Å². The number of esters is 1. The van der Waals surface area contributed by atoms with Crippen LogP contribution in [0.4, 0.5) is 10.5 Å². The minimum Gasteiger partial charge on any atom is -0.482 e. The van der Waals surface area contributed by atoms with E-state index in [2.05, 4.69) is 15.5 Å². The van der Waals surface area contributed by atoms with Gasteiger partial charge in [0.25, 0.3) is 5.91 Å². The van der Waals surface area contributed by atoms with E-state index in [9.17, 15) is 19.2 Å². The predicted octanol–water partition coefficient (Wildman–Crippen LogP) is 2.70. The van der Waals surface area contributed by atoms with Crippen molar-refractivity contribution < 1.29 is 33.8 Å². The number of likely N-dealkylation sites (tertiary alicyclic amines) is 2. The smallest absolute Gasteiger partial charge is 0.341 e. The number of urea groups is 1. The molecule has 3 aliphatic heterocycles. The summed E-state index contributed by atoms with van der Waals surface area (Å²) >= 11 is 0. The van der Waals surface area contributed by atoms with Crippen molar-refractivity contribution in [3.8, 4) is 5.75 Å². The number of carbonyl (C=O) groups is 4. The molecule has 3 heterocycles. The standard InChI is InChI=1S/C27H38N4O7/c1-4-28-25(36)29-21-7-6-19(37-15-22(32)33)14-20(21)23(34)30-12-8-18(9-13-30)31-11-5-10-27(17-31)16-26(2,3)38-24(27)35/h6-7,14,18H,4-5,8-13,15-17H2,1-3H3,(H,32,33)(H2,28,29,36). The second-order valence-electron chi connectivity index (χ2n) is 11.1. The average Bonchev–Trinajstić information content (AvgIpc) is 3.09. The Morgan fingerprint density at radius 3 is 2.55 bits per heavy atom. The van der Waals surface area contributed by atoms with Gasteiger partial charge >= 0.3 is 18.0 Å². The molecule has 3 N–H and O–H groups in total. The van der Waals surface area contributed by atoms with Crippen molar-refractivity contribution in [2.45, 2.75) is 64.5 Å². The Kier molecular flexibility index (Phi) is 8.15. The Bertz CT molecular complexity index is 1080. The second kappa shape index (κ2) is 11.2. The summed E-state index contributed by atoms with van der Waals surface area (Å²) in [5, 5.41) is 14.3. The van der Waals surface area contributed by atoms with Crippen molar-refractivity contribution in [3.05, 3.63) is 23.8 Å². The van der Waals surface area contributed by atoms with Crippen molar-refractivity contribution in [1.82, 2.24) is 15.1 Å². The Morgan fingerprint density at radius 2 is 1.92 bits per heavy atom. The molecular formula is C27H38N4O7. The largest absolute Gasteiger partial charge is 0.482 e. The SMILES string of the molecule is CCNC(=O)Nc1ccc(OCC(=O)O)cc1C(=O)N1CCC(N2CCCC3(C2)CC(C)(C)OC3=O)CC1. The molecule has 38 heavy (non-hydrogen) atoms. The van der Waals surface area contributed by atoms with Crippen LogP contribution >= 0.6 is 0 Å². The van der Waals surface area contributed by atoms with Crippen LogP contribution in [-0.2, 0) is 14.3 Å². The highest BCUT2D eigenvalue weighted by Crippen LogP contribution is 2.46. The van der Waals surface area contributed by atoms with E-state index in [-0.39, 0.29) is 29.2 Å². The zero-order chi connectivity index (χ0) is 27.5. The molecule has 1 atom stereocenters. The summed E-state index contributed by atoms with van der Waals surface area (Å²) < 4.78 is 10.9. The van der Waals surface area contributed by atoms with Crippen LogP contribution < -0.4 is 15.4 Å². The minimum absolute atomic E-state index is 0.0862. The van der Waals surface area contributed by atoms with Gasteiger partial charge < -0.3 is 30.1 Å². The fourth-order valence-corrected chi connectivity index (χ4v) is 6.05. The monoisotopic (exact) mass is 530 g/mol. The van der Waals surface area contributed by atoms with Crippen molar-refractivity contribution >= 4 is 29.6 Å². The zero-order valence-corrected chi connectivity index (χ0v) is 22.4. The van der Waals surface area contributed by atoms with E-state index in [4.69, 9.17) is 14.6 Å². The molecule has 0 aromatic heterocycles. The third kappa shape index (κ3) is 6.20. The summed E-state index contributed by atoms with van der Waals surface area (Å²) in [6.07, 6.45) is 4.07. The maximum atomic E-state index is 13.6. The molecule has 1 unspecified atom stereocenters. The molecule has 3 fully saturated rings. The molecule has 3 amide bonds. The van der Waals surface area contributed by atoms with Gasteiger partial charge in [-0.15, -0.1) is 0 Å². The van der Waals surface area contributed by atoms with Crippen LogP contribution in [0.1, 0.15) is 63.2 Å². The topological polar surface area (TPSA) is 138 Å². The lowest BCUT2D eigenvalue weighted by atomic mass is 9.74. The number of anilines is 1. The number of piperidine rings is 2. The van der Waals surface area contributed by atoms with Crippen LogP contribution in [0, 0.1) is 5.41 Å². The quantitative estimate of drug-likeness (QED) is 0.458. The van der Waals surface area contributed by atoms with Crippen LogP contribution in [0.3, 0.4) is 0 Å². The number of aliphatic carboxylic acids is 1. The first kappa shape index (κ1) is 27.7. The van der Waals surface area contributed by atoms with Gasteiger partial charge in [-0.05, 0) is 71.2 Å². The number of carbonyl (C=O) groups excluding carboxylic acids is 3. The number of carboxylic acids is 1. The molecule has 3 aliphatic rings. The van der Waals surface area contributed by atoms with Crippen molar-refractivity contribution in [3.63, 3.8) is 0 Å². The van der Waals surface area contributed by atoms with Gasteiger partial charge in [-0.2, -0.15) is 0 Å². The summed E-state index contributed by atoms with van der Waals surface area (Å²) in [4.78, 5) is 53.6. The van der Waals surface area contributed by atoms with E-state index < -0.39 is 29.6 Å². The number of hydrogen-bond acceptors (Lipinski definition) is 7. The number of benzene rings is 1. The van der Waals surface area contributed by atoms with Crippen LogP contribution in [0.5, 0.6) is 5.75 Å². The molecule has 0 bridgehead atoms. The van der Waals surface area contributed by atoms with Gasteiger partial charge in [0.1, 0.15) is 11.4 Å². The molecule has 11 nitrogen and oxygen atoms in total. The van der Waals surface area contributed by atoms with E-state index in [0.29, 0.717) is 31.9 Å². The maximum absolute atomic E-state index is 13.6. The first-order valence-corrected chi connectivity index (χ1v) is 13.3. The summed E-state index contributed by atoms with van der Waals surface area (Å²) in [5.74, 6) is -1.24. The van der Waals surface area contributed by atoms with E-state index in [1.54, 1.807) is 17.9 Å². The lowest BCUT2D eigenvalue weighted by Gasteiger charge is -2.45. The number of amides is 3. The van der Waals surface area contributed by atoms with Crippen LogP contribution in [-0.4, -0.2) is 89.8 Å². The number of carboxylic acid groups (broad SMARTS) is 1. The molecule has 208 valence electrons. The summed E-state index contributed by atoms with van der Waals surface area (Å²) in [6.45, 7) is 8.31. The fraction of sp³-hybridized carbons (Fsp3) is 0.630. The van der Waals surface area contributed by atoms with E-state index in [1.165, 1.54) is 12.1 Å². The van der Waals surface area contributed by atoms with Gasteiger partial charge in [0.2, 0.25) is 0 Å². The Hall–Kier alpha value is -3.34. The van der Waals surface area contributed by atoms with E-state index >= 15 is 0 Å². The van der Waals surface area contributed by atoms with Gasteiger partial charge in [-0.25, -0.2) is 9.59 Å². The number of hydrogen-bond donors (Lipinski definition) is 3. The Balaban J connectivity index is 1.43. The second-order valence-corrected chi connectivity index (χ2v) is 11.1. The molecular weight excluding hydrogens is 492 g/mol. The van der Waals surface area contributed by atoms with Gasteiger partial charge in [0, 0.05) is 38.6 Å². The first-order chi connectivity index (χ1) is 18.0. The van der Waals surface area contributed by atoms with Gasteiger partial charge in [-0.3, -0.25) is 14.5 Å². The third-order valence-electron chi connectivity index (χ3n) is 7.61. The minimum atomic E-state index is -1.13. The fourth-order valence-electron chi connectivity index (χ4n) is 6.05. The highest BCUT2D eigenvalue weighted by atomic mass is 16.6. The lowest BCUT2D eigenvalue weighted by Crippen LogP contribution is -2.53. The maximum Gasteiger partial charge on any atom is 0.341 e. The highest BCUT2D eigenvalue weighted by molar-refractivity contribution is 6.03. The molecule has 3 saturated heterocycles. The van der Waals surface area contributed by atoms with Gasteiger partial charge in [0.05, 0.1) is 16.7 Å². The molecule has 1 aromatic rings. The van der Waals surface area contributed by atoms with E-state index in [0.717, 1.165) is 38.6 Å². The van der Waals surface area contributed by atoms with Crippen molar-refractivity contribution in [2.75, 3.05) is 44.6 Å². The Labute approximate surface area is 222 Å². The molecule has 4 rings (SSSR count). The van der Waals surface area contributed by atoms with Crippen molar-refractivity contribution in [2.24, 2.45) is 5.41 Å². The lowest BCUT2D eigenvalue weighted by molar-refractivity contribution is -0.154. The predicted molar refractivity (Wildman–Crippen MR) is 139 cm³/mol. The molecule has 11 heteroatoms. The van der Waals surface area contributed by atoms with Gasteiger partial charge in [0.15, 0.2) is 6.61 Å². The normalized spacial score (nSPS) is 23.7. The summed E-state index contributed by atoms with van der Waals surface area (Å²) in [5.41, 5.74) is -0.306. The number of rotatable bonds is 7. The zero-order valence-electron chi connectivity index (χ0n) is 22.4. The molecule has 0 aliphatic carbocycles. The molecule has 1 spiro atoms. The average molecular weight is 531 g/mol. The number of nitrogens with one attached hydrogen (secondary N) is 2. The Morgan fingerprint density at radius 1 is 1.18 bits per heavy atom. The summed E-state index contributed by atoms with van der Waals surface area (Å²) in [6, 6.07) is 4.37. The first-order valence-electron chi connectivity index (χ1n) is 13.3.